The maximum atomic E-state index is 11.5. The molecule has 2 aromatic rings. The van der Waals surface area contributed by atoms with E-state index in [0.29, 0.717) is 18.9 Å². The molecule has 22 heavy (non-hydrogen) atoms. The highest BCUT2D eigenvalue weighted by atomic mass is 35.5. The van der Waals surface area contributed by atoms with Gasteiger partial charge in [0.05, 0.1) is 11.7 Å². The molecular weight excluding hydrogens is 302 g/mol. The van der Waals surface area contributed by atoms with Gasteiger partial charge in [-0.1, -0.05) is 6.07 Å². The predicted molar refractivity (Wildman–Crippen MR) is 85.5 cm³/mol. The molecule has 0 aromatic carbocycles. The van der Waals surface area contributed by atoms with E-state index in [0.717, 1.165) is 12.1 Å². The summed E-state index contributed by atoms with van der Waals surface area (Å²) in [4.78, 5) is 26.7. The van der Waals surface area contributed by atoms with Crippen LogP contribution in [-0.4, -0.2) is 27.4 Å². The fraction of sp³-hybridized carbons (Fsp3) is 0.333. The van der Waals surface area contributed by atoms with Crippen molar-refractivity contribution >= 4 is 24.3 Å². The van der Waals surface area contributed by atoms with E-state index in [1.165, 1.54) is 0 Å². The highest BCUT2D eigenvalue weighted by molar-refractivity contribution is 5.85. The number of nitrogens with two attached hydrogens (primary N) is 1. The molecule has 0 radical (unpaired) electrons. The van der Waals surface area contributed by atoms with Crippen LogP contribution in [0.1, 0.15) is 24.6 Å². The minimum absolute atomic E-state index is 0. The molecule has 0 aliphatic carbocycles. The van der Waals surface area contributed by atoms with Crippen molar-refractivity contribution in [1.82, 2.24) is 15.0 Å². The van der Waals surface area contributed by atoms with Crippen molar-refractivity contribution in [2.24, 2.45) is 11.7 Å². The second kappa shape index (κ2) is 7.17. The molecule has 1 fully saturated rings. The summed E-state index contributed by atoms with van der Waals surface area (Å²) in [5.74, 6) is 0.289. The summed E-state index contributed by atoms with van der Waals surface area (Å²) in [7, 11) is 0. The fourth-order valence-electron chi connectivity index (χ4n) is 2.76. The van der Waals surface area contributed by atoms with Crippen molar-refractivity contribution in [2.45, 2.75) is 18.9 Å². The van der Waals surface area contributed by atoms with Gasteiger partial charge >= 0.3 is 0 Å². The average molecular weight is 320 g/mol. The number of hydrogen-bond donors (Lipinski definition) is 1. The van der Waals surface area contributed by atoms with Crippen molar-refractivity contribution in [2.75, 3.05) is 11.4 Å². The van der Waals surface area contributed by atoms with Gasteiger partial charge in [0.2, 0.25) is 11.9 Å². The van der Waals surface area contributed by atoms with E-state index in [1.807, 2.05) is 18.2 Å². The highest BCUT2D eigenvalue weighted by Crippen LogP contribution is 2.35. The van der Waals surface area contributed by atoms with Crippen molar-refractivity contribution in [3.63, 3.8) is 0 Å². The predicted octanol–water partition coefficient (Wildman–Crippen LogP) is 1.74. The van der Waals surface area contributed by atoms with E-state index in [2.05, 4.69) is 19.9 Å². The molecule has 0 spiro atoms. The third-order valence-electron chi connectivity index (χ3n) is 3.84. The summed E-state index contributed by atoms with van der Waals surface area (Å²) in [5.41, 5.74) is 6.40. The van der Waals surface area contributed by atoms with Crippen LogP contribution in [0.25, 0.3) is 0 Å². The number of hydrogen-bond acceptors (Lipinski definition) is 5. The van der Waals surface area contributed by atoms with Crippen LogP contribution in [0.3, 0.4) is 0 Å². The Bertz CT molecular complexity index is 610. The molecular formula is C15H18ClN5O. The molecule has 1 aliphatic heterocycles. The first kappa shape index (κ1) is 16.2. The molecule has 0 bridgehead atoms. The molecule has 2 aromatic heterocycles. The van der Waals surface area contributed by atoms with E-state index < -0.39 is 0 Å². The topological polar surface area (TPSA) is 85.0 Å². The Kier molecular flexibility index (Phi) is 5.27. The largest absolute Gasteiger partial charge is 0.369 e. The summed E-state index contributed by atoms with van der Waals surface area (Å²) in [6, 6.07) is 7.54. The summed E-state index contributed by atoms with van der Waals surface area (Å²) >= 11 is 0. The van der Waals surface area contributed by atoms with Gasteiger partial charge in [-0.3, -0.25) is 9.78 Å². The number of rotatable bonds is 3. The first-order valence-corrected chi connectivity index (χ1v) is 6.99. The van der Waals surface area contributed by atoms with Gasteiger partial charge in [-0.05, 0) is 31.0 Å². The highest BCUT2D eigenvalue weighted by Gasteiger charge is 2.34. The molecule has 2 N–H and O–H groups in total. The Hall–Kier alpha value is -2.21. The number of anilines is 1. The van der Waals surface area contributed by atoms with Gasteiger partial charge in [-0.15, -0.1) is 12.4 Å². The summed E-state index contributed by atoms with van der Waals surface area (Å²) < 4.78 is 0. The Morgan fingerprint density at radius 3 is 2.50 bits per heavy atom. The molecule has 7 heteroatoms. The number of carbonyl (C=O) groups excluding carboxylic acids is 1. The molecule has 6 nitrogen and oxygen atoms in total. The van der Waals surface area contributed by atoms with Gasteiger partial charge < -0.3 is 10.6 Å². The first-order chi connectivity index (χ1) is 10.3. The summed E-state index contributed by atoms with van der Waals surface area (Å²) in [6.45, 7) is 0.693. The lowest BCUT2D eigenvalue weighted by molar-refractivity contribution is -0.122. The fourth-order valence-corrected chi connectivity index (χ4v) is 2.76. The van der Waals surface area contributed by atoms with Crippen LogP contribution in [0.15, 0.2) is 42.9 Å². The average Bonchev–Trinajstić information content (AvgIpc) is 2.56. The van der Waals surface area contributed by atoms with Crippen LogP contribution in [0.4, 0.5) is 5.95 Å². The minimum Gasteiger partial charge on any atom is -0.369 e. The number of nitrogens with zero attached hydrogens (tertiary/aromatic N) is 4. The second-order valence-electron chi connectivity index (χ2n) is 5.14. The lowest BCUT2D eigenvalue weighted by Crippen LogP contribution is -2.42. The smallest absolute Gasteiger partial charge is 0.225 e. The zero-order valence-electron chi connectivity index (χ0n) is 12.0. The minimum atomic E-state index is -0.246. The third kappa shape index (κ3) is 3.33. The quantitative estimate of drug-likeness (QED) is 0.931. The van der Waals surface area contributed by atoms with Crippen LogP contribution in [0.2, 0.25) is 0 Å². The summed E-state index contributed by atoms with van der Waals surface area (Å²) in [6.07, 6.45) is 6.56. The zero-order chi connectivity index (χ0) is 14.7. The van der Waals surface area contributed by atoms with Gasteiger partial charge in [-0.2, -0.15) is 0 Å². The van der Waals surface area contributed by atoms with Crippen molar-refractivity contribution in [3.8, 4) is 0 Å². The number of piperidine rings is 1. The maximum absolute atomic E-state index is 11.5. The van der Waals surface area contributed by atoms with Gasteiger partial charge in [0, 0.05) is 31.1 Å². The van der Waals surface area contributed by atoms with Crippen LogP contribution in [0.5, 0.6) is 0 Å². The van der Waals surface area contributed by atoms with E-state index in [9.17, 15) is 4.79 Å². The number of aromatic nitrogens is 3. The van der Waals surface area contributed by atoms with Crippen LogP contribution in [-0.2, 0) is 4.79 Å². The standard InChI is InChI=1S/C15H17N5O.ClH/c16-14(21)11-5-9-20(15-18-7-3-8-19-15)13(10-11)12-4-1-2-6-17-12;/h1-4,6-8,11,13H,5,9-10H2,(H2,16,21);1H. The molecule has 116 valence electrons. The number of pyridine rings is 1. The lowest BCUT2D eigenvalue weighted by Gasteiger charge is -2.38. The van der Waals surface area contributed by atoms with Gasteiger partial charge in [0.25, 0.3) is 0 Å². The molecule has 1 aliphatic rings. The Labute approximate surface area is 135 Å². The number of primary amides is 1. The van der Waals surface area contributed by atoms with Crippen molar-refractivity contribution in [3.05, 3.63) is 48.5 Å². The number of halogens is 1. The first-order valence-electron chi connectivity index (χ1n) is 6.99. The molecule has 0 saturated carbocycles. The molecule has 3 heterocycles. The third-order valence-corrected chi connectivity index (χ3v) is 3.84. The molecule has 3 rings (SSSR count). The van der Waals surface area contributed by atoms with Gasteiger partial charge in [0.15, 0.2) is 0 Å². The van der Waals surface area contributed by atoms with E-state index in [4.69, 9.17) is 5.73 Å². The van der Waals surface area contributed by atoms with Gasteiger partial charge in [0.1, 0.15) is 0 Å². The summed E-state index contributed by atoms with van der Waals surface area (Å²) in [5, 5.41) is 0. The number of amides is 1. The monoisotopic (exact) mass is 319 g/mol. The Balaban J connectivity index is 0.00000176. The van der Waals surface area contributed by atoms with Crippen molar-refractivity contribution in [1.29, 1.82) is 0 Å². The SMILES string of the molecule is Cl.NC(=O)C1CCN(c2ncccn2)C(c2ccccn2)C1. The zero-order valence-corrected chi connectivity index (χ0v) is 12.8. The van der Waals surface area contributed by atoms with E-state index in [1.54, 1.807) is 24.7 Å². The molecule has 1 saturated heterocycles. The Morgan fingerprint density at radius 2 is 1.86 bits per heavy atom. The Morgan fingerprint density at radius 1 is 1.14 bits per heavy atom. The number of carbonyl (C=O) groups is 1. The van der Waals surface area contributed by atoms with Crippen LogP contribution in [0, 0.1) is 5.92 Å². The normalized spacial score (nSPS) is 21.0. The lowest BCUT2D eigenvalue weighted by atomic mass is 9.88. The molecule has 2 unspecified atom stereocenters. The van der Waals surface area contributed by atoms with Crippen molar-refractivity contribution < 1.29 is 4.79 Å². The molecule has 1 amide bonds. The maximum Gasteiger partial charge on any atom is 0.225 e. The second-order valence-corrected chi connectivity index (χ2v) is 5.14. The van der Waals surface area contributed by atoms with Crippen LogP contribution >= 0.6 is 12.4 Å². The molecule has 2 atom stereocenters. The van der Waals surface area contributed by atoms with Gasteiger partial charge in [-0.25, -0.2) is 9.97 Å². The van der Waals surface area contributed by atoms with E-state index >= 15 is 0 Å². The van der Waals surface area contributed by atoms with Crippen LogP contribution < -0.4 is 10.6 Å². The van der Waals surface area contributed by atoms with E-state index in [-0.39, 0.29) is 30.3 Å².